The van der Waals surface area contributed by atoms with Gasteiger partial charge in [0.15, 0.2) is 15.5 Å². The molecule has 8 heteroatoms. The van der Waals surface area contributed by atoms with E-state index in [2.05, 4.69) is 10.4 Å². The average molecular weight is 399 g/mol. The van der Waals surface area contributed by atoms with E-state index in [1.165, 1.54) is 18.2 Å². The Bertz CT molecular complexity index is 1130. The number of nitrogens with one attached hydrogen (secondary N) is 1. The molecule has 0 aliphatic carbocycles. The first kappa shape index (κ1) is 18.4. The molecule has 0 bridgehead atoms. The Balaban J connectivity index is 1.71. The van der Waals surface area contributed by atoms with Gasteiger partial charge in [-0.1, -0.05) is 42.5 Å². The smallest absolute Gasteiger partial charge is 0.276 e. The van der Waals surface area contributed by atoms with Gasteiger partial charge in [0.25, 0.3) is 5.91 Å². The highest BCUT2D eigenvalue weighted by Gasteiger charge is 2.32. The van der Waals surface area contributed by atoms with Crippen molar-refractivity contribution < 1.29 is 17.6 Å². The molecule has 1 aliphatic heterocycles. The molecule has 4 rings (SSSR count). The van der Waals surface area contributed by atoms with E-state index in [0.717, 1.165) is 5.56 Å². The minimum atomic E-state index is -3.12. The molecule has 2 heterocycles. The molecule has 0 radical (unpaired) electrons. The number of sulfone groups is 1. The van der Waals surface area contributed by atoms with E-state index in [1.807, 2.05) is 30.3 Å². The molecule has 1 atom stereocenters. The highest BCUT2D eigenvalue weighted by Crippen LogP contribution is 2.30. The monoisotopic (exact) mass is 399 g/mol. The van der Waals surface area contributed by atoms with Crippen LogP contribution in [0, 0.1) is 5.82 Å². The predicted molar refractivity (Wildman–Crippen MR) is 104 cm³/mol. The van der Waals surface area contributed by atoms with Crippen LogP contribution in [-0.2, 0) is 9.84 Å². The normalized spacial score (nSPS) is 18.1. The van der Waals surface area contributed by atoms with Crippen LogP contribution >= 0.6 is 0 Å². The zero-order valence-electron chi connectivity index (χ0n) is 14.9. The summed E-state index contributed by atoms with van der Waals surface area (Å²) in [6, 6.07) is 16.5. The Kier molecular flexibility index (Phi) is 4.72. The molecule has 1 saturated heterocycles. The molecule has 0 unspecified atom stereocenters. The number of halogens is 1. The second kappa shape index (κ2) is 7.20. The SMILES string of the molecule is O=C(Nc1ccccc1F)c1cc(-c2ccccc2)n([C@@H]2CCS(=O)(=O)C2)n1. The summed E-state index contributed by atoms with van der Waals surface area (Å²) in [5, 5.41) is 6.89. The molecule has 0 saturated carbocycles. The molecule has 144 valence electrons. The van der Waals surface area contributed by atoms with Crippen molar-refractivity contribution >= 4 is 21.4 Å². The molecule has 2 aromatic carbocycles. The first-order chi connectivity index (χ1) is 13.4. The van der Waals surface area contributed by atoms with Crippen molar-refractivity contribution in [3.8, 4) is 11.3 Å². The van der Waals surface area contributed by atoms with Gasteiger partial charge in [0.1, 0.15) is 5.82 Å². The third-order valence-electron chi connectivity index (χ3n) is 4.71. The lowest BCUT2D eigenvalue weighted by Crippen LogP contribution is -2.17. The minimum absolute atomic E-state index is 0.0110. The van der Waals surface area contributed by atoms with Crippen LogP contribution in [0.4, 0.5) is 10.1 Å². The van der Waals surface area contributed by atoms with Crippen molar-refractivity contribution in [1.82, 2.24) is 9.78 Å². The van der Waals surface area contributed by atoms with Crippen molar-refractivity contribution in [2.75, 3.05) is 16.8 Å². The lowest BCUT2D eigenvalue weighted by Gasteiger charge is -2.13. The zero-order chi connectivity index (χ0) is 19.7. The number of amides is 1. The topological polar surface area (TPSA) is 81.1 Å². The van der Waals surface area contributed by atoms with Crippen LogP contribution in [0.15, 0.2) is 60.7 Å². The summed E-state index contributed by atoms with van der Waals surface area (Å²) >= 11 is 0. The third-order valence-corrected chi connectivity index (χ3v) is 6.46. The molecular formula is C20H18FN3O3S. The number of aromatic nitrogens is 2. The van der Waals surface area contributed by atoms with Crippen molar-refractivity contribution in [2.24, 2.45) is 0 Å². The quantitative estimate of drug-likeness (QED) is 0.730. The molecule has 1 fully saturated rings. The molecule has 0 spiro atoms. The molecule has 1 aliphatic rings. The lowest BCUT2D eigenvalue weighted by atomic mass is 10.1. The highest BCUT2D eigenvalue weighted by atomic mass is 32.2. The second-order valence-corrected chi connectivity index (χ2v) is 8.94. The van der Waals surface area contributed by atoms with Gasteiger partial charge in [-0.15, -0.1) is 0 Å². The van der Waals surface area contributed by atoms with Gasteiger partial charge in [0, 0.05) is 0 Å². The van der Waals surface area contributed by atoms with E-state index >= 15 is 0 Å². The number of rotatable bonds is 4. The summed E-state index contributed by atoms with van der Waals surface area (Å²) in [6.45, 7) is 0. The number of hydrogen-bond acceptors (Lipinski definition) is 4. The van der Waals surface area contributed by atoms with Crippen molar-refractivity contribution in [3.63, 3.8) is 0 Å². The lowest BCUT2D eigenvalue weighted by molar-refractivity contribution is 0.102. The molecule has 3 aromatic rings. The van der Waals surface area contributed by atoms with Crippen LogP contribution in [0.5, 0.6) is 0 Å². The van der Waals surface area contributed by atoms with Gasteiger partial charge in [0.2, 0.25) is 0 Å². The summed E-state index contributed by atoms with van der Waals surface area (Å²) in [4.78, 5) is 12.6. The Morgan fingerprint density at radius 1 is 1.11 bits per heavy atom. The fourth-order valence-corrected chi connectivity index (χ4v) is 5.02. The first-order valence-corrected chi connectivity index (χ1v) is 10.7. The summed E-state index contributed by atoms with van der Waals surface area (Å²) in [6.07, 6.45) is 0.443. The van der Waals surface area contributed by atoms with Crippen molar-refractivity contribution in [1.29, 1.82) is 0 Å². The van der Waals surface area contributed by atoms with Crippen molar-refractivity contribution in [2.45, 2.75) is 12.5 Å². The number of carbonyl (C=O) groups is 1. The third kappa shape index (κ3) is 3.68. The van der Waals surface area contributed by atoms with Gasteiger partial charge < -0.3 is 5.32 Å². The Labute approximate surface area is 161 Å². The molecule has 1 N–H and O–H groups in total. The molecule has 1 amide bonds. The first-order valence-electron chi connectivity index (χ1n) is 8.84. The minimum Gasteiger partial charge on any atom is -0.318 e. The maximum atomic E-state index is 13.8. The predicted octanol–water partition coefficient (Wildman–Crippen LogP) is 3.30. The van der Waals surface area contributed by atoms with E-state index in [4.69, 9.17) is 0 Å². The van der Waals surface area contributed by atoms with Gasteiger partial charge in [0.05, 0.1) is 28.9 Å². The van der Waals surface area contributed by atoms with Gasteiger partial charge in [-0.05, 0) is 30.2 Å². The fraction of sp³-hybridized carbons (Fsp3) is 0.200. The Morgan fingerprint density at radius 3 is 2.50 bits per heavy atom. The Morgan fingerprint density at radius 2 is 1.82 bits per heavy atom. The molecule has 1 aromatic heterocycles. The van der Waals surface area contributed by atoms with E-state index in [0.29, 0.717) is 12.1 Å². The summed E-state index contributed by atoms with van der Waals surface area (Å²) in [7, 11) is -3.12. The van der Waals surface area contributed by atoms with E-state index in [9.17, 15) is 17.6 Å². The molecular weight excluding hydrogens is 381 g/mol. The Hall–Kier alpha value is -3.00. The number of hydrogen-bond donors (Lipinski definition) is 1. The van der Waals surface area contributed by atoms with E-state index in [1.54, 1.807) is 16.8 Å². The van der Waals surface area contributed by atoms with Crippen molar-refractivity contribution in [3.05, 3.63) is 72.2 Å². The maximum Gasteiger partial charge on any atom is 0.276 e. The van der Waals surface area contributed by atoms with Crippen LogP contribution in [0.2, 0.25) is 0 Å². The number of nitrogens with zero attached hydrogens (tertiary/aromatic N) is 2. The van der Waals surface area contributed by atoms with Gasteiger partial charge in [-0.3, -0.25) is 9.48 Å². The van der Waals surface area contributed by atoms with Gasteiger partial charge in [-0.25, -0.2) is 12.8 Å². The average Bonchev–Trinajstić information content (AvgIpc) is 3.28. The second-order valence-electron chi connectivity index (χ2n) is 6.72. The van der Waals surface area contributed by atoms with Crippen LogP contribution in [0.1, 0.15) is 23.0 Å². The summed E-state index contributed by atoms with van der Waals surface area (Å²) < 4.78 is 39.3. The number of para-hydroxylation sites is 1. The van der Waals surface area contributed by atoms with Crippen LogP contribution in [-0.4, -0.2) is 35.6 Å². The standard InChI is InChI=1S/C20H18FN3O3S/c21-16-8-4-5-9-17(16)22-20(25)18-12-19(14-6-2-1-3-7-14)24(23-18)15-10-11-28(26,27)13-15/h1-9,12,15H,10-11,13H2,(H,22,25)/t15-/m1/s1. The largest absolute Gasteiger partial charge is 0.318 e. The highest BCUT2D eigenvalue weighted by molar-refractivity contribution is 7.91. The van der Waals surface area contributed by atoms with Crippen LogP contribution < -0.4 is 5.32 Å². The number of anilines is 1. The van der Waals surface area contributed by atoms with Gasteiger partial charge in [-0.2, -0.15) is 5.10 Å². The van der Waals surface area contributed by atoms with Crippen LogP contribution in [0.3, 0.4) is 0 Å². The van der Waals surface area contributed by atoms with Gasteiger partial charge >= 0.3 is 0 Å². The number of benzene rings is 2. The summed E-state index contributed by atoms with van der Waals surface area (Å²) in [5.41, 5.74) is 1.64. The maximum absolute atomic E-state index is 13.8. The zero-order valence-corrected chi connectivity index (χ0v) is 15.7. The molecule has 6 nitrogen and oxygen atoms in total. The fourth-order valence-electron chi connectivity index (χ4n) is 3.33. The van der Waals surface area contributed by atoms with E-state index in [-0.39, 0.29) is 28.9 Å². The van der Waals surface area contributed by atoms with E-state index < -0.39 is 21.6 Å². The number of carbonyl (C=O) groups excluding carboxylic acids is 1. The van der Waals surface area contributed by atoms with Crippen LogP contribution in [0.25, 0.3) is 11.3 Å². The molecule has 28 heavy (non-hydrogen) atoms. The summed E-state index contributed by atoms with van der Waals surface area (Å²) in [5.74, 6) is -1.01.